The van der Waals surface area contributed by atoms with Crippen LogP contribution in [-0.4, -0.2) is 18.1 Å². The highest BCUT2D eigenvalue weighted by molar-refractivity contribution is 7.11. The van der Waals surface area contributed by atoms with Gasteiger partial charge in [-0.1, -0.05) is 23.7 Å². The van der Waals surface area contributed by atoms with Gasteiger partial charge >= 0.3 is 0 Å². The van der Waals surface area contributed by atoms with Crippen LogP contribution in [0, 0.1) is 19.7 Å². The molecule has 0 saturated carbocycles. The third-order valence-electron chi connectivity index (χ3n) is 3.40. The van der Waals surface area contributed by atoms with Gasteiger partial charge in [0, 0.05) is 17.3 Å². The second-order valence-electron chi connectivity index (χ2n) is 4.86. The van der Waals surface area contributed by atoms with Crippen molar-refractivity contribution in [3.05, 3.63) is 50.2 Å². The van der Waals surface area contributed by atoms with E-state index in [4.69, 9.17) is 11.6 Å². The fraction of sp³-hybridized carbons (Fsp3) is 0.400. The molecule has 1 N–H and O–H groups in total. The molecule has 0 aliphatic rings. The summed E-state index contributed by atoms with van der Waals surface area (Å²) in [4.78, 5) is 5.78. The van der Waals surface area contributed by atoms with Gasteiger partial charge in [-0.05, 0) is 38.9 Å². The summed E-state index contributed by atoms with van der Waals surface area (Å²) in [6.07, 6.45) is 1.39. The Kier molecular flexibility index (Phi) is 5.13. The first kappa shape index (κ1) is 15.4. The summed E-state index contributed by atoms with van der Waals surface area (Å²) in [5, 5.41) is 4.50. The van der Waals surface area contributed by atoms with Gasteiger partial charge in [-0.3, -0.25) is 0 Å². The van der Waals surface area contributed by atoms with E-state index >= 15 is 0 Å². The number of aromatic nitrogens is 1. The monoisotopic (exact) mass is 312 g/mol. The Morgan fingerprint density at radius 3 is 2.70 bits per heavy atom. The van der Waals surface area contributed by atoms with E-state index in [1.54, 1.807) is 29.5 Å². The highest BCUT2D eigenvalue weighted by Gasteiger charge is 2.15. The standard InChI is InChI=1S/C15H18ClFN2S/c1-9-10(2)20-14(19-9)8-12(18-3)7-11-5-4-6-13(16)15(11)17/h4-6,12,18H,7-8H2,1-3H3. The lowest BCUT2D eigenvalue weighted by atomic mass is 10.0. The van der Waals surface area contributed by atoms with Gasteiger partial charge in [-0.25, -0.2) is 9.37 Å². The van der Waals surface area contributed by atoms with E-state index in [2.05, 4.69) is 17.2 Å². The van der Waals surface area contributed by atoms with Crippen LogP contribution in [0.2, 0.25) is 5.02 Å². The van der Waals surface area contributed by atoms with E-state index in [0.717, 1.165) is 17.1 Å². The summed E-state index contributed by atoms with van der Waals surface area (Å²) < 4.78 is 13.9. The van der Waals surface area contributed by atoms with Crippen LogP contribution in [0.3, 0.4) is 0 Å². The van der Waals surface area contributed by atoms with Crippen LogP contribution in [0.1, 0.15) is 21.1 Å². The van der Waals surface area contributed by atoms with Crippen molar-refractivity contribution in [1.29, 1.82) is 0 Å². The fourth-order valence-corrected chi connectivity index (χ4v) is 3.29. The highest BCUT2D eigenvalue weighted by Crippen LogP contribution is 2.22. The molecule has 20 heavy (non-hydrogen) atoms. The minimum atomic E-state index is -0.319. The van der Waals surface area contributed by atoms with Crippen molar-refractivity contribution in [3.63, 3.8) is 0 Å². The van der Waals surface area contributed by atoms with Crippen molar-refractivity contribution in [3.8, 4) is 0 Å². The average Bonchev–Trinajstić information content (AvgIpc) is 2.73. The highest BCUT2D eigenvalue weighted by atomic mass is 35.5. The lowest BCUT2D eigenvalue weighted by Gasteiger charge is -2.15. The molecule has 0 aliphatic heterocycles. The number of halogens is 2. The molecule has 1 atom stereocenters. The third kappa shape index (κ3) is 3.57. The molecule has 108 valence electrons. The summed E-state index contributed by atoms with van der Waals surface area (Å²) in [7, 11) is 1.89. The average molecular weight is 313 g/mol. The molecule has 1 heterocycles. The van der Waals surface area contributed by atoms with Crippen LogP contribution in [0.25, 0.3) is 0 Å². The summed E-state index contributed by atoms with van der Waals surface area (Å²) in [5.41, 5.74) is 1.72. The zero-order valence-electron chi connectivity index (χ0n) is 11.8. The lowest BCUT2D eigenvalue weighted by Crippen LogP contribution is -2.30. The Balaban J connectivity index is 2.11. The normalized spacial score (nSPS) is 12.7. The van der Waals surface area contributed by atoms with Gasteiger partial charge in [-0.2, -0.15) is 0 Å². The minimum absolute atomic E-state index is 0.146. The number of rotatable bonds is 5. The van der Waals surface area contributed by atoms with E-state index in [1.807, 2.05) is 14.0 Å². The summed E-state index contributed by atoms with van der Waals surface area (Å²) >= 11 is 7.52. The molecule has 1 aromatic heterocycles. The molecule has 0 spiro atoms. The van der Waals surface area contributed by atoms with Crippen molar-refractivity contribution < 1.29 is 4.39 Å². The quantitative estimate of drug-likeness (QED) is 0.905. The van der Waals surface area contributed by atoms with Crippen LogP contribution < -0.4 is 5.32 Å². The second-order valence-corrected chi connectivity index (χ2v) is 6.55. The number of hydrogen-bond donors (Lipinski definition) is 1. The second kappa shape index (κ2) is 6.66. The molecule has 0 aliphatic carbocycles. The van der Waals surface area contributed by atoms with E-state index in [9.17, 15) is 4.39 Å². The molecule has 0 amide bonds. The Bertz CT molecular complexity index is 578. The van der Waals surface area contributed by atoms with Crippen molar-refractivity contribution in [2.45, 2.75) is 32.7 Å². The van der Waals surface area contributed by atoms with Crippen LogP contribution in [0.5, 0.6) is 0 Å². The lowest BCUT2D eigenvalue weighted by molar-refractivity contribution is 0.531. The van der Waals surface area contributed by atoms with Crippen LogP contribution in [-0.2, 0) is 12.8 Å². The first-order chi connectivity index (χ1) is 9.51. The molecular weight excluding hydrogens is 295 g/mol. The topological polar surface area (TPSA) is 24.9 Å². The van der Waals surface area contributed by atoms with Gasteiger partial charge in [-0.15, -0.1) is 11.3 Å². The molecule has 0 fully saturated rings. The third-order valence-corrected chi connectivity index (χ3v) is 4.79. The summed E-state index contributed by atoms with van der Waals surface area (Å²) in [6.45, 7) is 4.09. The van der Waals surface area contributed by atoms with E-state index in [0.29, 0.717) is 12.0 Å². The maximum absolute atomic E-state index is 13.9. The van der Waals surface area contributed by atoms with E-state index in [1.165, 1.54) is 4.88 Å². The van der Waals surface area contributed by atoms with Gasteiger partial charge in [0.05, 0.1) is 15.7 Å². The first-order valence-corrected chi connectivity index (χ1v) is 7.73. The Morgan fingerprint density at radius 1 is 1.35 bits per heavy atom. The summed E-state index contributed by atoms with van der Waals surface area (Å²) in [5.74, 6) is -0.319. The molecule has 0 saturated heterocycles. The molecule has 1 aromatic carbocycles. The molecule has 0 radical (unpaired) electrons. The number of nitrogens with one attached hydrogen (secondary N) is 1. The van der Waals surface area contributed by atoms with Crippen molar-refractivity contribution >= 4 is 22.9 Å². The molecule has 0 bridgehead atoms. The Hall–Kier alpha value is -0.970. The number of hydrogen-bond acceptors (Lipinski definition) is 3. The number of benzene rings is 1. The van der Waals surface area contributed by atoms with E-state index in [-0.39, 0.29) is 16.9 Å². The maximum Gasteiger partial charge on any atom is 0.145 e. The number of nitrogens with zero attached hydrogens (tertiary/aromatic N) is 1. The van der Waals surface area contributed by atoms with Gasteiger partial charge in [0.15, 0.2) is 0 Å². The zero-order chi connectivity index (χ0) is 14.7. The van der Waals surface area contributed by atoms with Crippen LogP contribution in [0.4, 0.5) is 4.39 Å². The van der Waals surface area contributed by atoms with Gasteiger partial charge in [0.25, 0.3) is 0 Å². The van der Waals surface area contributed by atoms with Crippen molar-refractivity contribution in [1.82, 2.24) is 10.3 Å². The number of aryl methyl sites for hydroxylation is 2. The SMILES string of the molecule is CNC(Cc1nc(C)c(C)s1)Cc1cccc(Cl)c1F. The van der Waals surface area contributed by atoms with E-state index < -0.39 is 0 Å². The van der Waals surface area contributed by atoms with Gasteiger partial charge in [0.1, 0.15) is 5.82 Å². The fourth-order valence-electron chi connectivity index (χ4n) is 2.09. The Morgan fingerprint density at radius 2 is 2.10 bits per heavy atom. The minimum Gasteiger partial charge on any atom is -0.316 e. The largest absolute Gasteiger partial charge is 0.316 e. The smallest absolute Gasteiger partial charge is 0.145 e. The predicted molar refractivity (Wildman–Crippen MR) is 83.3 cm³/mol. The summed E-state index contributed by atoms with van der Waals surface area (Å²) in [6, 6.07) is 5.28. The predicted octanol–water partition coefficient (Wildman–Crippen LogP) is 3.93. The maximum atomic E-state index is 13.9. The molecular formula is C15H18ClFN2S. The number of likely N-dealkylation sites (N-methyl/N-ethyl adjacent to an activating group) is 1. The van der Waals surface area contributed by atoms with Crippen LogP contribution in [0.15, 0.2) is 18.2 Å². The molecule has 1 unspecified atom stereocenters. The Labute approximate surface area is 128 Å². The van der Waals surface area contributed by atoms with Crippen molar-refractivity contribution in [2.24, 2.45) is 0 Å². The molecule has 2 nitrogen and oxygen atoms in total. The van der Waals surface area contributed by atoms with Crippen LogP contribution >= 0.6 is 22.9 Å². The molecule has 2 aromatic rings. The molecule has 5 heteroatoms. The number of thiazole rings is 1. The van der Waals surface area contributed by atoms with Gasteiger partial charge in [0.2, 0.25) is 0 Å². The first-order valence-electron chi connectivity index (χ1n) is 6.54. The van der Waals surface area contributed by atoms with Gasteiger partial charge < -0.3 is 5.32 Å². The van der Waals surface area contributed by atoms with Crippen molar-refractivity contribution in [2.75, 3.05) is 7.05 Å². The zero-order valence-corrected chi connectivity index (χ0v) is 13.4. The molecule has 2 rings (SSSR count).